The maximum Gasteiger partial charge on any atom is 0.252 e. The number of hydrogen-bond donors (Lipinski definition) is 1. The molecule has 0 saturated heterocycles. The van der Waals surface area contributed by atoms with Crippen molar-refractivity contribution in [1.29, 1.82) is 0 Å². The molecule has 0 saturated carbocycles. The topological polar surface area (TPSA) is 88.9 Å². The van der Waals surface area contributed by atoms with E-state index < -0.39 is 0 Å². The van der Waals surface area contributed by atoms with Crippen molar-refractivity contribution in [3.05, 3.63) is 81.4 Å². The highest BCUT2D eigenvalue weighted by Crippen LogP contribution is 2.30. The van der Waals surface area contributed by atoms with E-state index in [9.17, 15) is 4.79 Å². The molecule has 0 spiro atoms. The van der Waals surface area contributed by atoms with Gasteiger partial charge in [0.05, 0.1) is 24.2 Å². The van der Waals surface area contributed by atoms with Gasteiger partial charge in [-0.1, -0.05) is 43.7 Å². The third kappa shape index (κ3) is 5.49. The van der Waals surface area contributed by atoms with Crippen LogP contribution >= 0.6 is 0 Å². The Bertz CT molecular complexity index is 1370. The van der Waals surface area contributed by atoms with Crippen LogP contribution in [0, 0.1) is 6.92 Å². The highest BCUT2D eigenvalue weighted by molar-refractivity contribution is 5.81. The predicted octanol–water partition coefficient (Wildman–Crippen LogP) is 5.13. The lowest BCUT2D eigenvalue weighted by atomic mass is 10.0. The number of aryl methyl sites for hydroxylation is 1. The van der Waals surface area contributed by atoms with E-state index in [1.165, 1.54) is 0 Å². The Morgan fingerprint density at radius 1 is 1.11 bits per heavy atom. The summed E-state index contributed by atoms with van der Waals surface area (Å²) >= 11 is 0. The molecule has 4 aromatic rings. The first-order valence-corrected chi connectivity index (χ1v) is 12.5. The van der Waals surface area contributed by atoms with Gasteiger partial charge >= 0.3 is 0 Å². The number of rotatable bonds is 9. The first-order chi connectivity index (χ1) is 17.2. The Kier molecular flexibility index (Phi) is 7.54. The SMILES string of the molecule is CCC[C@@H](c1nnnn1C(C)(C)C)N(Cc1ccc(OC)cc1)Cc1cc2cccc(C)c2[nH]c1=O. The number of pyridine rings is 1. The Morgan fingerprint density at radius 2 is 1.86 bits per heavy atom. The zero-order valence-electron chi connectivity index (χ0n) is 22.1. The van der Waals surface area contributed by atoms with Crippen LogP contribution in [0.4, 0.5) is 0 Å². The lowest BCUT2D eigenvalue weighted by Gasteiger charge is -2.33. The second kappa shape index (κ2) is 10.6. The molecular formula is C28H36N6O2. The standard InChI is InChI=1S/C28H36N6O2/c1-7-9-24(26-30-31-32-34(26)28(3,4)5)33(17-20-12-14-23(36-6)15-13-20)18-22-16-21-11-8-10-19(2)25(21)29-27(22)35/h8,10-16,24H,7,9,17-18H2,1-6H3,(H,29,35)/t24-/m0/s1. The number of para-hydroxylation sites is 1. The maximum atomic E-state index is 13.2. The van der Waals surface area contributed by atoms with Gasteiger partial charge in [-0.2, -0.15) is 0 Å². The second-order valence-corrected chi connectivity index (χ2v) is 10.3. The molecule has 0 bridgehead atoms. The van der Waals surface area contributed by atoms with Crippen LogP contribution in [0.15, 0.2) is 53.3 Å². The summed E-state index contributed by atoms with van der Waals surface area (Å²) in [6.45, 7) is 11.6. The number of H-pyrrole nitrogens is 1. The number of hydrogen-bond acceptors (Lipinski definition) is 6. The van der Waals surface area contributed by atoms with Gasteiger partial charge in [-0.3, -0.25) is 9.69 Å². The van der Waals surface area contributed by atoms with Gasteiger partial charge in [0.15, 0.2) is 5.82 Å². The molecule has 1 atom stereocenters. The lowest BCUT2D eigenvalue weighted by molar-refractivity contribution is 0.148. The first kappa shape index (κ1) is 25.6. The number of aromatic nitrogens is 5. The van der Waals surface area contributed by atoms with Crippen LogP contribution in [-0.4, -0.2) is 37.2 Å². The Morgan fingerprint density at radius 3 is 2.53 bits per heavy atom. The Labute approximate surface area is 212 Å². The average molecular weight is 489 g/mol. The minimum absolute atomic E-state index is 0.0674. The van der Waals surface area contributed by atoms with Crippen molar-refractivity contribution in [1.82, 2.24) is 30.1 Å². The van der Waals surface area contributed by atoms with Gasteiger partial charge in [0.2, 0.25) is 0 Å². The molecule has 36 heavy (non-hydrogen) atoms. The molecule has 0 aliphatic heterocycles. The molecule has 0 amide bonds. The summed E-state index contributed by atoms with van der Waals surface area (Å²) in [5, 5.41) is 13.9. The third-order valence-corrected chi connectivity index (χ3v) is 6.51. The minimum Gasteiger partial charge on any atom is -0.497 e. The molecule has 1 N–H and O–H groups in total. The average Bonchev–Trinajstić information content (AvgIpc) is 3.34. The molecule has 0 aliphatic rings. The van der Waals surface area contributed by atoms with Gasteiger partial charge in [-0.15, -0.1) is 5.10 Å². The number of fused-ring (bicyclic) bond motifs is 1. The Hall–Kier alpha value is -3.52. The maximum absolute atomic E-state index is 13.2. The molecule has 4 rings (SSSR count). The van der Waals surface area contributed by atoms with E-state index in [1.54, 1.807) is 7.11 Å². The molecule has 0 fully saturated rings. The summed E-state index contributed by atoms with van der Waals surface area (Å²) in [7, 11) is 1.67. The molecule has 0 aliphatic carbocycles. The number of ether oxygens (including phenoxy) is 1. The number of aromatic amines is 1. The van der Waals surface area contributed by atoms with Gasteiger partial charge in [-0.05, 0) is 79.3 Å². The van der Waals surface area contributed by atoms with Gasteiger partial charge in [0, 0.05) is 18.7 Å². The van der Waals surface area contributed by atoms with Crippen molar-refractivity contribution in [2.24, 2.45) is 0 Å². The van der Waals surface area contributed by atoms with E-state index in [0.717, 1.165) is 52.0 Å². The van der Waals surface area contributed by atoms with Crippen molar-refractivity contribution in [2.75, 3.05) is 7.11 Å². The van der Waals surface area contributed by atoms with Crippen LogP contribution in [0.5, 0.6) is 5.75 Å². The molecule has 2 aromatic carbocycles. The second-order valence-electron chi connectivity index (χ2n) is 10.3. The number of tetrazole rings is 1. The normalized spacial score (nSPS) is 12.9. The van der Waals surface area contributed by atoms with Gasteiger partial charge < -0.3 is 9.72 Å². The van der Waals surface area contributed by atoms with Crippen LogP contribution < -0.4 is 10.3 Å². The summed E-state index contributed by atoms with van der Waals surface area (Å²) in [4.78, 5) is 18.6. The monoisotopic (exact) mass is 488 g/mol. The number of nitrogens with one attached hydrogen (secondary N) is 1. The largest absolute Gasteiger partial charge is 0.497 e. The number of nitrogens with zero attached hydrogens (tertiary/aromatic N) is 5. The Balaban J connectivity index is 1.79. The molecule has 190 valence electrons. The van der Waals surface area contributed by atoms with Crippen molar-refractivity contribution >= 4 is 10.9 Å². The quantitative estimate of drug-likeness (QED) is 0.351. The highest BCUT2D eigenvalue weighted by Gasteiger charge is 2.30. The third-order valence-electron chi connectivity index (χ3n) is 6.51. The van der Waals surface area contributed by atoms with E-state index in [-0.39, 0.29) is 17.1 Å². The molecule has 0 radical (unpaired) electrons. The molecule has 0 unspecified atom stereocenters. The minimum atomic E-state index is -0.269. The molecule has 2 aromatic heterocycles. The van der Waals surface area contributed by atoms with Gasteiger partial charge in [0.1, 0.15) is 5.75 Å². The smallest absolute Gasteiger partial charge is 0.252 e. The van der Waals surface area contributed by atoms with Crippen molar-refractivity contribution in [3.63, 3.8) is 0 Å². The van der Waals surface area contributed by atoms with Crippen LogP contribution in [0.1, 0.15) is 69.1 Å². The van der Waals surface area contributed by atoms with Crippen molar-refractivity contribution in [3.8, 4) is 5.75 Å². The number of benzene rings is 2. The molecule has 8 nitrogen and oxygen atoms in total. The van der Waals surface area contributed by atoms with Gasteiger partial charge in [-0.25, -0.2) is 4.68 Å². The summed E-state index contributed by atoms with van der Waals surface area (Å²) in [5.74, 6) is 1.62. The fourth-order valence-corrected chi connectivity index (χ4v) is 4.63. The lowest BCUT2D eigenvalue weighted by Crippen LogP contribution is -2.35. The summed E-state index contributed by atoms with van der Waals surface area (Å²) in [6.07, 6.45) is 1.81. The fraction of sp³-hybridized carbons (Fsp3) is 0.429. The van der Waals surface area contributed by atoms with Crippen LogP contribution in [0.25, 0.3) is 10.9 Å². The van der Waals surface area contributed by atoms with Crippen molar-refractivity contribution in [2.45, 2.75) is 72.1 Å². The summed E-state index contributed by atoms with van der Waals surface area (Å²) < 4.78 is 7.25. The highest BCUT2D eigenvalue weighted by atomic mass is 16.5. The van der Waals surface area contributed by atoms with Gasteiger partial charge in [0.25, 0.3) is 5.56 Å². The van der Waals surface area contributed by atoms with Crippen LogP contribution in [0.2, 0.25) is 0 Å². The van der Waals surface area contributed by atoms with E-state index >= 15 is 0 Å². The van der Waals surface area contributed by atoms with E-state index in [4.69, 9.17) is 4.74 Å². The zero-order chi connectivity index (χ0) is 25.9. The van der Waals surface area contributed by atoms with Crippen LogP contribution in [-0.2, 0) is 18.6 Å². The molecule has 8 heteroatoms. The zero-order valence-corrected chi connectivity index (χ0v) is 22.1. The fourth-order valence-electron chi connectivity index (χ4n) is 4.63. The summed E-state index contributed by atoms with van der Waals surface area (Å²) in [6, 6.07) is 16.1. The van der Waals surface area contributed by atoms with E-state index in [0.29, 0.717) is 13.1 Å². The molecular weight excluding hydrogens is 452 g/mol. The first-order valence-electron chi connectivity index (χ1n) is 12.5. The van der Waals surface area contributed by atoms with E-state index in [1.807, 2.05) is 48.0 Å². The van der Waals surface area contributed by atoms with E-state index in [2.05, 4.69) is 65.2 Å². The predicted molar refractivity (Wildman–Crippen MR) is 142 cm³/mol. The number of methoxy groups -OCH3 is 1. The molecule has 2 heterocycles. The van der Waals surface area contributed by atoms with Crippen molar-refractivity contribution < 1.29 is 4.74 Å². The van der Waals surface area contributed by atoms with Crippen LogP contribution in [0.3, 0.4) is 0 Å². The summed E-state index contributed by atoms with van der Waals surface area (Å²) in [5.41, 5.74) is 3.45.